The fraction of sp³-hybridized carbons (Fsp3) is 1.00. The Morgan fingerprint density at radius 3 is 2.17 bits per heavy atom. The van der Waals surface area contributed by atoms with E-state index in [-0.39, 0.29) is 4.83 Å². The van der Waals surface area contributed by atoms with Gasteiger partial charge in [-0.1, -0.05) is 61.9 Å². The molecule has 0 aliphatic heterocycles. The van der Waals surface area contributed by atoms with Crippen LogP contribution in [0.25, 0.3) is 0 Å². The second-order valence-corrected chi connectivity index (χ2v) is 8.20. The highest BCUT2D eigenvalue weighted by atomic mass is 79.9. The average Bonchev–Trinajstić information content (AvgIpc) is 2.28. The zero-order chi connectivity index (χ0) is 14.0. The Morgan fingerprint density at radius 2 is 1.67 bits per heavy atom. The number of sulfonamides is 1. The molecule has 0 aromatic rings. The molecule has 1 unspecified atom stereocenters. The molecular formula is C13H28BrNO2S. The zero-order valence-electron chi connectivity index (χ0n) is 12.0. The van der Waals surface area contributed by atoms with Crippen LogP contribution in [-0.4, -0.2) is 36.9 Å². The number of halogens is 1. The number of nitrogens with zero attached hydrogens (tertiary/aromatic N) is 1. The van der Waals surface area contributed by atoms with E-state index in [0.717, 1.165) is 19.3 Å². The fourth-order valence-corrected chi connectivity index (χ4v) is 3.61. The summed E-state index contributed by atoms with van der Waals surface area (Å²) in [5.41, 5.74) is 0. The summed E-state index contributed by atoms with van der Waals surface area (Å²) in [6, 6.07) is 0. The highest BCUT2D eigenvalue weighted by molar-refractivity contribution is 9.09. The Morgan fingerprint density at radius 1 is 1.06 bits per heavy atom. The van der Waals surface area contributed by atoms with E-state index in [1.165, 1.54) is 31.9 Å². The van der Waals surface area contributed by atoms with Crippen molar-refractivity contribution < 1.29 is 8.42 Å². The van der Waals surface area contributed by atoms with Gasteiger partial charge in [0, 0.05) is 17.9 Å². The highest BCUT2D eigenvalue weighted by Gasteiger charge is 2.19. The molecule has 0 bridgehead atoms. The van der Waals surface area contributed by atoms with E-state index < -0.39 is 10.0 Å². The Kier molecular flexibility index (Phi) is 10.4. The van der Waals surface area contributed by atoms with Gasteiger partial charge >= 0.3 is 0 Å². The van der Waals surface area contributed by atoms with E-state index in [9.17, 15) is 8.42 Å². The lowest BCUT2D eigenvalue weighted by molar-refractivity contribution is 0.399. The highest BCUT2D eigenvalue weighted by Crippen LogP contribution is 2.15. The van der Waals surface area contributed by atoms with Gasteiger partial charge in [-0.05, 0) is 12.8 Å². The SMILES string of the molecule is CCCCCCC(Br)CN(CCCC)S(C)(=O)=O. The maximum absolute atomic E-state index is 11.7. The van der Waals surface area contributed by atoms with E-state index >= 15 is 0 Å². The molecule has 1 atom stereocenters. The van der Waals surface area contributed by atoms with Crippen molar-refractivity contribution in [2.45, 2.75) is 63.6 Å². The average molecular weight is 342 g/mol. The number of hydrogen-bond acceptors (Lipinski definition) is 2. The largest absolute Gasteiger partial charge is 0.213 e. The molecule has 0 aliphatic carbocycles. The van der Waals surface area contributed by atoms with Crippen molar-refractivity contribution in [1.82, 2.24) is 4.31 Å². The van der Waals surface area contributed by atoms with Gasteiger partial charge in [-0.15, -0.1) is 0 Å². The molecule has 3 nitrogen and oxygen atoms in total. The molecule has 0 N–H and O–H groups in total. The quantitative estimate of drug-likeness (QED) is 0.423. The van der Waals surface area contributed by atoms with Gasteiger partial charge in [0.05, 0.1) is 6.26 Å². The predicted octanol–water partition coefficient (Wildman–Crippen LogP) is 3.78. The van der Waals surface area contributed by atoms with Gasteiger partial charge in [0.15, 0.2) is 0 Å². The van der Waals surface area contributed by atoms with Crippen LogP contribution in [0.2, 0.25) is 0 Å². The Labute approximate surface area is 122 Å². The minimum atomic E-state index is -3.06. The topological polar surface area (TPSA) is 37.4 Å². The normalized spacial score (nSPS) is 14.1. The van der Waals surface area contributed by atoms with E-state index in [0.29, 0.717) is 13.1 Å². The summed E-state index contributed by atoms with van der Waals surface area (Å²) in [5.74, 6) is 0. The molecule has 0 radical (unpaired) electrons. The maximum Gasteiger partial charge on any atom is 0.211 e. The monoisotopic (exact) mass is 341 g/mol. The van der Waals surface area contributed by atoms with Crippen LogP contribution in [0, 0.1) is 0 Å². The standard InChI is InChI=1S/C13H28BrNO2S/c1-4-6-8-9-10-13(14)12-15(11-7-5-2)18(3,16)17/h13H,4-12H2,1-3H3. The summed E-state index contributed by atoms with van der Waals surface area (Å²) in [7, 11) is -3.06. The van der Waals surface area contributed by atoms with Crippen LogP contribution in [0.4, 0.5) is 0 Å². The third-order valence-electron chi connectivity index (χ3n) is 3.00. The predicted molar refractivity (Wildman–Crippen MR) is 82.8 cm³/mol. The molecule has 0 saturated heterocycles. The fourth-order valence-electron chi connectivity index (χ4n) is 1.83. The molecule has 0 aliphatic rings. The lowest BCUT2D eigenvalue weighted by atomic mass is 10.1. The first-order valence-corrected chi connectivity index (χ1v) is 9.77. The van der Waals surface area contributed by atoms with Gasteiger partial charge in [-0.2, -0.15) is 0 Å². The Bertz CT molecular complexity index is 293. The van der Waals surface area contributed by atoms with E-state index in [1.54, 1.807) is 4.31 Å². The number of unbranched alkanes of at least 4 members (excludes halogenated alkanes) is 4. The first-order valence-electron chi connectivity index (χ1n) is 7.01. The van der Waals surface area contributed by atoms with Gasteiger partial charge in [-0.25, -0.2) is 12.7 Å². The van der Waals surface area contributed by atoms with E-state index in [1.807, 2.05) is 0 Å². The molecule has 0 aromatic carbocycles. The molecule has 110 valence electrons. The number of rotatable bonds is 11. The minimum Gasteiger partial charge on any atom is -0.213 e. The summed E-state index contributed by atoms with van der Waals surface area (Å²) in [6.45, 7) is 5.52. The van der Waals surface area contributed by atoms with Gasteiger partial charge < -0.3 is 0 Å². The first-order chi connectivity index (χ1) is 8.41. The van der Waals surface area contributed by atoms with Gasteiger partial charge in [0.2, 0.25) is 10.0 Å². The molecular weight excluding hydrogens is 314 g/mol. The molecule has 0 heterocycles. The van der Waals surface area contributed by atoms with Crippen molar-refractivity contribution in [2.24, 2.45) is 0 Å². The van der Waals surface area contributed by atoms with Crippen LogP contribution in [0.3, 0.4) is 0 Å². The van der Waals surface area contributed by atoms with Crippen molar-refractivity contribution in [3.63, 3.8) is 0 Å². The second-order valence-electron chi connectivity index (χ2n) is 4.92. The van der Waals surface area contributed by atoms with Crippen molar-refractivity contribution >= 4 is 26.0 Å². The summed E-state index contributed by atoms with van der Waals surface area (Å²) >= 11 is 3.61. The lowest BCUT2D eigenvalue weighted by Crippen LogP contribution is -2.35. The summed E-state index contributed by atoms with van der Waals surface area (Å²) in [5, 5.41) is 0. The molecule has 0 aromatic heterocycles. The molecule has 0 rings (SSSR count). The summed E-state index contributed by atoms with van der Waals surface area (Å²) < 4.78 is 24.9. The van der Waals surface area contributed by atoms with Crippen molar-refractivity contribution in [3.8, 4) is 0 Å². The Balaban J connectivity index is 4.06. The van der Waals surface area contributed by atoms with Crippen LogP contribution >= 0.6 is 15.9 Å². The van der Waals surface area contributed by atoms with Crippen LogP contribution < -0.4 is 0 Å². The lowest BCUT2D eigenvalue weighted by Gasteiger charge is -2.22. The molecule has 0 fully saturated rings. The van der Waals surface area contributed by atoms with Gasteiger partial charge in [0.25, 0.3) is 0 Å². The number of alkyl halides is 1. The minimum absolute atomic E-state index is 0.279. The van der Waals surface area contributed by atoms with Crippen molar-refractivity contribution in [2.75, 3.05) is 19.3 Å². The molecule has 0 amide bonds. The van der Waals surface area contributed by atoms with Gasteiger partial charge in [0.1, 0.15) is 0 Å². The number of hydrogen-bond donors (Lipinski definition) is 0. The summed E-state index contributed by atoms with van der Waals surface area (Å²) in [6.07, 6.45) is 9.24. The molecule has 5 heteroatoms. The van der Waals surface area contributed by atoms with E-state index in [2.05, 4.69) is 29.8 Å². The molecule has 18 heavy (non-hydrogen) atoms. The van der Waals surface area contributed by atoms with Crippen LogP contribution in [0.15, 0.2) is 0 Å². The van der Waals surface area contributed by atoms with Crippen LogP contribution in [-0.2, 0) is 10.0 Å². The zero-order valence-corrected chi connectivity index (χ0v) is 14.4. The maximum atomic E-state index is 11.7. The third kappa shape index (κ3) is 9.34. The summed E-state index contributed by atoms with van der Waals surface area (Å²) in [4.78, 5) is 0.279. The smallest absolute Gasteiger partial charge is 0.211 e. The van der Waals surface area contributed by atoms with Crippen molar-refractivity contribution in [1.29, 1.82) is 0 Å². The van der Waals surface area contributed by atoms with Crippen molar-refractivity contribution in [3.05, 3.63) is 0 Å². The second kappa shape index (κ2) is 10.2. The molecule has 0 spiro atoms. The van der Waals surface area contributed by atoms with Gasteiger partial charge in [-0.3, -0.25) is 0 Å². The van der Waals surface area contributed by atoms with Crippen LogP contribution in [0.1, 0.15) is 58.8 Å². The Hall–Kier alpha value is 0.390. The van der Waals surface area contributed by atoms with Crippen LogP contribution in [0.5, 0.6) is 0 Å². The molecule has 0 saturated carbocycles. The first kappa shape index (κ1) is 18.4. The third-order valence-corrected chi connectivity index (χ3v) is 5.02. The van der Waals surface area contributed by atoms with E-state index in [4.69, 9.17) is 0 Å².